The van der Waals surface area contributed by atoms with Crippen LogP contribution in [0.4, 0.5) is 0 Å². The summed E-state index contributed by atoms with van der Waals surface area (Å²) in [5.41, 5.74) is 5.17. The van der Waals surface area contributed by atoms with E-state index in [-0.39, 0.29) is 11.7 Å². The fraction of sp³-hybridized carbons (Fsp3) is 0.167. The third-order valence-electron chi connectivity index (χ3n) is 3.32. The molecule has 8 nitrogen and oxygen atoms in total. The first-order valence-corrected chi connectivity index (χ1v) is 8.23. The number of carbonyl (C=O) groups excluding carboxylic acids is 2. The fourth-order valence-electron chi connectivity index (χ4n) is 1.93. The van der Waals surface area contributed by atoms with E-state index in [1.807, 2.05) is 0 Å². The van der Waals surface area contributed by atoms with E-state index in [0.717, 1.165) is 0 Å². The van der Waals surface area contributed by atoms with E-state index >= 15 is 0 Å². The molecule has 0 heterocycles. The van der Waals surface area contributed by atoms with E-state index in [2.05, 4.69) is 16.2 Å². The third-order valence-corrected chi connectivity index (χ3v) is 3.53. The number of benzene rings is 2. The quantitative estimate of drug-likeness (QED) is 0.508. The molecule has 3 N–H and O–H groups in total. The maximum absolute atomic E-state index is 12.0. The highest BCUT2D eigenvalue weighted by molar-refractivity contribution is 7.80. The SMILES string of the molecule is COc1ccc(OCC(=O)NNC(=S)NC(=O)c2ccc(OC)cc2)cc1. The monoisotopic (exact) mass is 389 g/mol. The molecule has 0 atom stereocenters. The van der Waals surface area contributed by atoms with Gasteiger partial charge in [-0.3, -0.25) is 25.8 Å². The summed E-state index contributed by atoms with van der Waals surface area (Å²) >= 11 is 4.97. The van der Waals surface area contributed by atoms with Crippen LogP contribution in [0, 0.1) is 0 Å². The zero-order valence-electron chi connectivity index (χ0n) is 14.8. The molecular formula is C18H19N3O5S. The second-order valence-corrected chi connectivity index (χ2v) is 5.56. The molecule has 2 aromatic carbocycles. The van der Waals surface area contributed by atoms with Crippen LogP contribution in [0.1, 0.15) is 10.4 Å². The molecular weight excluding hydrogens is 370 g/mol. The molecule has 0 unspecified atom stereocenters. The van der Waals surface area contributed by atoms with Gasteiger partial charge in [0.2, 0.25) is 0 Å². The van der Waals surface area contributed by atoms with E-state index in [1.54, 1.807) is 55.6 Å². The van der Waals surface area contributed by atoms with Crippen LogP contribution in [0.2, 0.25) is 0 Å². The van der Waals surface area contributed by atoms with Crippen LogP contribution in [0.15, 0.2) is 48.5 Å². The molecule has 0 fully saturated rings. The van der Waals surface area contributed by atoms with Gasteiger partial charge in [-0.15, -0.1) is 0 Å². The van der Waals surface area contributed by atoms with E-state index in [9.17, 15) is 9.59 Å². The zero-order chi connectivity index (χ0) is 19.6. The Kier molecular flexibility index (Phi) is 7.38. The summed E-state index contributed by atoms with van der Waals surface area (Å²) in [6.07, 6.45) is 0. The highest BCUT2D eigenvalue weighted by Gasteiger charge is 2.09. The largest absolute Gasteiger partial charge is 0.497 e. The zero-order valence-corrected chi connectivity index (χ0v) is 15.6. The molecule has 0 bridgehead atoms. The van der Waals surface area contributed by atoms with Gasteiger partial charge in [-0.2, -0.15) is 0 Å². The van der Waals surface area contributed by atoms with Crippen molar-refractivity contribution in [3.63, 3.8) is 0 Å². The van der Waals surface area contributed by atoms with Gasteiger partial charge in [-0.05, 0) is 60.7 Å². The third kappa shape index (κ3) is 6.48. The highest BCUT2D eigenvalue weighted by atomic mass is 32.1. The number of carbonyl (C=O) groups is 2. The Hall–Kier alpha value is -3.33. The van der Waals surface area contributed by atoms with Crippen LogP contribution in [-0.2, 0) is 4.79 Å². The van der Waals surface area contributed by atoms with Crippen LogP contribution in [0.5, 0.6) is 17.2 Å². The summed E-state index contributed by atoms with van der Waals surface area (Å²) in [4.78, 5) is 23.8. The van der Waals surface area contributed by atoms with E-state index in [1.165, 1.54) is 7.11 Å². The molecule has 0 aliphatic carbocycles. The Bertz CT molecular complexity index is 794. The van der Waals surface area contributed by atoms with Gasteiger partial charge in [0.05, 0.1) is 14.2 Å². The molecule has 0 aliphatic heterocycles. The molecule has 0 saturated heterocycles. The predicted molar refractivity (Wildman–Crippen MR) is 103 cm³/mol. The van der Waals surface area contributed by atoms with Crippen molar-refractivity contribution in [2.45, 2.75) is 0 Å². The van der Waals surface area contributed by atoms with Gasteiger partial charge < -0.3 is 14.2 Å². The van der Waals surface area contributed by atoms with Crippen molar-refractivity contribution in [3.8, 4) is 17.2 Å². The van der Waals surface area contributed by atoms with Crippen LogP contribution < -0.4 is 30.4 Å². The van der Waals surface area contributed by atoms with Crippen molar-refractivity contribution in [2.75, 3.05) is 20.8 Å². The fourth-order valence-corrected chi connectivity index (χ4v) is 2.08. The summed E-state index contributed by atoms with van der Waals surface area (Å²) in [6, 6.07) is 13.3. The molecule has 2 amide bonds. The van der Waals surface area contributed by atoms with Crippen LogP contribution in [-0.4, -0.2) is 37.8 Å². The molecule has 27 heavy (non-hydrogen) atoms. The summed E-state index contributed by atoms with van der Waals surface area (Å²) in [5, 5.41) is 2.40. The highest BCUT2D eigenvalue weighted by Crippen LogP contribution is 2.16. The minimum atomic E-state index is -0.466. The molecule has 0 aromatic heterocycles. The number of methoxy groups -OCH3 is 2. The normalized spacial score (nSPS) is 9.70. The number of thiocarbonyl (C=S) groups is 1. The summed E-state index contributed by atoms with van der Waals surface area (Å²) in [7, 11) is 3.10. The van der Waals surface area contributed by atoms with Gasteiger partial charge in [0, 0.05) is 5.56 Å². The molecule has 142 valence electrons. The molecule has 2 aromatic rings. The van der Waals surface area contributed by atoms with Crippen molar-refractivity contribution in [1.29, 1.82) is 0 Å². The molecule has 0 aliphatic rings. The Morgan fingerprint density at radius 3 is 1.93 bits per heavy atom. The van der Waals surface area contributed by atoms with E-state index < -0.39 is 11.8 Å². The van der Waals surface area contributed by atoms with E-state index in [4.69, 9.17) is 26.4 Å². The molecule has 9 heteroatoms. The lowest BCUT2D eigenvalue weighted by molar-refractivity contribution is -0.123. The van der Waals surface area contributed by atoms with Gasteiger partial charge in [-0.1, -0.05) is 0 Å². The summed E-state index contributed by atoms with van der Waals surface area (Å²) in [5.74, 6) is 0.954. The molecule has 0 spiro atoms. The second-order valence-electron chi connectivity index (χ2n) is 5.15. The first-order valence-electron chi connectivity index (χ1n) is 7.83. The van der Waals surface area contributed by atoms with Crippen molar-refractivity contribution < 1.29 is 23.8 Å². The van der Waals surface area contributed by atoms with Gasteiger partial charge >= 0.3 is 0 Å². The first kappa shape index (κ1) is 20.0. The smallest absolute Gasteiger partial charge is 0.276 e. The van der Waals surface area contributed by atoms with Crippen molar-refractivity contribution in [3.05, 3.63) is 54.1 Å². The standard InChI is InChI=1S/C18H19N3O5S/c1-24-13-5-3-12(4-6-13)17(23)19-18(27)21-20-16(22)11-26-15-9-7-14(25-2)8-10-15/h3-10H,11H2,1-2H3,(H,20,22)(H2,19,21,23,27). The summed E-state index contributed by atoms with van der Waals surface area (Å²) < 4.78 is 15.4. The Labute approximate surface area is 161 Å². The van der Waals surface area contributed by atoms with Crippen LogP contribution in [0.3, 0.4) is 0 Å². The van der Waals surface area contributed by atoms with Crippen LogP contribution in [0.25, 0.3) is 0 Å². The average molecular weight is 389 g/mol. The number of hydrogen-bond donors (Lipinski definition) is 3. The lowest BCUT2D eigenvalue weighted by Gasteiger charge is -2.11. The number of hydrazine groups is 1. The van der Waals surface area contributed by atoms with Gasteiger partial charge in [0.25, 0.3) is 11.8 Å². The lowest BCUT2D eigenvalue weighted by Crippen LogP contribution is -2.49. The lowest BCUT2D eigenvalue weighted by atomic mass is 10.2. The first-order chi connectivity index (χ1) is 13.0. The number of rotatable bonds is 6. The Morgan fingerprint density at radius 1 is 0.852 bits per heavy atom. The average Bonchev–Trinajstić information content (AvgIpc) is 2.71. The minimum Gasteiger partial charge on any atom is -0.497 e. The van der Waals surface area contributed by atoms with Crippen molar-refractivity contribution >= 4 is 29.1 Å². The van der Waals surface area contributed by atoms with Crippen LogP contribution >= 0.6 is 12.2 Å². The number of nitrogens with one attached hydrogen (secondary N) is 3. The molecule has 2 rings (SSSR count). The maximum atomic E-state index is 12.0. The van der Waals surface area contributed by atoms with Gasteiger partial charge in [0.15, 0.2) is 11.7 Å². The molecule has 0 saturated carbocycles. The minimum absolute atomic E-state index is 0.0476. The Balaban J connectivity index is 1.71. The summed E-state index contributed by atoms with van der Waals surface area (Å²) in [6.45, 7) is -0.228. The topological polar surface area (TPSA) is 97.9 Å². The Morgan fingerprint density at radius 2 is 1.37 bits per heavy atom. The van der Waals surface area contributed by atoms with Crippen molar-refractivity contribution in [1.82, 2.24) is 16.2 Å². The predicted octanol–water partition coefficient (Wildman–Crippen LogP) is 1.42. The second kappa shape index (κ2) is 9.97. The van der Waals surface area contributed by atoms with Crippen molar-refractivity contribution in [2.24, 2.45) is 0 Å². The van der Waals surface area contributed by atoms with E-state index in [0.29, 0.717) is 22.8 Å². The van der Waals surface area contributed by atoms with Gasteiger partial charge in [-0.25, -0.2) is 0 Å². The number of ether oxygens (including phenoxy) is 3. The number of hydrogen-bond acceptors (Lipinski definition) is 6. The number of amides is 2. The maximum Gasteiger partial charge on any atom is 0.276 e. The molecule has 0 radical (unpaired) electrons. The van der Waals surface area contributed by atoms with Gasteiger partial charge in [0.1, 0.15) is 17.2 Å².